The maximum absolute atomic E-state index is 13.0. The van der Waals surface area contributed by atoms with Crippen molar-refractivity contribution in [1.29, 1.82) is 0 Å². The molecule has 5 nitrogen and oxygen atoms in total. The predicted molar refractivity (Wildman–Crippen MR) is 91.9 cm³/mol. The van der Waals surface area contributed by atoms with Gasteiger partial charge in [-0.3, -0.25) is 14.6 Å². The molecule has 1 fully saturated rings. The lowest BCUT2D eigenvalue weighted by atomic mass is 10.1. The summed E-state index contributed by atoms with van der Waals surface area (Å²) in [6.45, 7) is 5.94. The van der Waals surface area contributed by atoms with Crippen LogP contribution in [0.3, 0.4) is 0 Å². The number of carbonyl (C=O) groups excluding carboxylic acids is 2. The molecule has 1 heterocycles. The van der Waals surface area contributed by atoms with Gasteiger partial charge in [-0.15, -0.1) is 0 Å². The van der Waals surface area contributed by atoms with Gasteiger partial charge in [-0.25, -0.2) is 0 Å². The molecule has 24 heavy (non-hydrogen) atoms. The molecular weight excluding hydrogens is 304 g/mol. The van der Waals surface area contributed by atoms with E-state index >= 15 is 0 Å². The van der Waals surface area contributed by atoms with Crippen LogP contribution in [0.4, 0.5) is 0 Å². The first kappa shape index (κ1) is 16.4. The highest BCUT2D eigenvalue weighted by molar-refractivity contribution is 6.00. The highest BCUT2D eigenvalue weighted by Crippen LogP contribution is 2.29. The normalized spacial score (nSPS) is 13.8. The number of pyridine rings is 1. The molecule has 5 heteroatoms. The number of fused-ring (bicyclic) bond motifs is 1. The smallest absolute Gasteiger partial charge is 0.325 e. The Hall–Kier alpha value is -2.43. The summed E-state index contributed by atoms with van der Waals surface area (Å²) in [5.41, 5.74) is 3.26. The van der Waals surface area contributed by atoms with Gasteiger partial charge >= 0.3 is 5.97 Å². The van der Waals surface area contributed by atoms with Crippen molar-refractivity contribution >= 4 is 22.8 Å². The second-order valence-electron chi connectivity index (χ2n) is 6.29. The van der Waals surface area contributed by atoms with Crippen molar-refractivity contribution in [2.75, 3.05) is 13.2 Å². The molecule has 0 atom stereocenters. The van der Waals surface area contributed by atoms with Gasteiger partial charge in [0.1, 0.15) is 6.54 Å². The molecule has 1 aromatic carbocycles. The summed E-state index contributed by atoms with van der Waals surface area (Å²) >= 11 is 0. The second-order valence-corrected chi connectivity index (χ2v) is 6.29. The molecule has 0 spiro atoms. The van der Waals surface area contributed by atoms with Gasteiger partial charge in [0, 0.05) is 11.4 Å². The van der Waals surface area contributed by atoms with Gasteiger partial charge in [-0.2, -0.15) is 0 Å². The van der Waals surface area contributed by atoms with Crippen LogP contribution in [0.5, 0.6) is 0 Å². The van der Waals surface area contributed by atoms with E-state index in [1.165, 1.54) is 0 Å². The minimum absolute atomic E-state index is 0.00269. The summed E-state index contributed by atoms with van der Waals surface area (Å²) < 4.78 is 5.00. The Kier molecular flexibility index (Phi) is 4.51. The average molecular weight is 326 g/mol. The molecule has 0 bridgehead atoms. The minimum Gasteiger partial charge on any atom is -0.465 e. The first-order chi connectivity index (χ1) is 11.5. The number of carbonyl (C=O) groups is 2. The van der Waals surface area contributed by atoms with Gasteiger partial charge in [-0.1, -0.05) is 12.1 Å². The number of amides is 1. The first-order valence-corrected chi connectivity index (χ1v) is 8.34. The Morgan fingerprint density at radius 2 is 2.00 bits per heavy atom. The highest BCUT2D eigenvalue weighted by atomic mass is 16.5. The molecule has 1 aromatic heterocycles. The van der Waals surface area contributed by atoms with Crippen LogP contribution in [0.1, 0.15) is 41.4 Å². The van der Waals surface area contributed by atoms with Crippen molar-refractivity contribution in [3.63, 3.8) is 0 Å². The molecule has 3 rings (SSSR count). The number of ether oxygens (including phenoxy) is 1. The number of aryl methyl sites for hydroxylation is 2. The van der Waals surface area contributed by atoms with Gasteiger partial charge < -0.3 is 9.64 Å². The zero-order valence-corrected chi connectivity index (χ0v) is 14.3. The monoisotopic (exact) mass is 326 g/mol. The number of hydrogen-bond acceptors (Lipinski definition) is 4. The number of hydrogen-bond donors (Lipinski definition) is 0. The van der Waals surface area contributed by atoms with E-state index < -0.39 is 0 Å². The van der Waals surface area contributed by atoms with E-state index in [0.717, 1.165) is 29.3 Å². The lowest BCUT2D eigenvalue weighted by Crippen LogP contribution is -2.38. The molecular formula is C19H22N2O3. The fourth-order valence-corrected chi connectivity index (χ4v) is 2.84. The molecule has 126 valence electrons. The zero-order chi connectivity index (χ0) is 17.3. The molecule has 0 aliphatic heterocycles. The molecule has 0 unspecified atom stereocenters. The van der Waals surface area contributed by atoms with Crippen LogP contribution < -0.4 is 0 Å². The largest absolute Gasteiger partial charge is 0.465 e. The summed E-state index contributed by atoms with van der Waals surface area (Å²) in [5.74, 6) is -0.502. The van der Waals surface area contributed by atoms with E-state index in [1.807, 2.05) is 38.1 Å². The van der Waals surface area contributed by atoms with Gasteiger partial charge in [0.05, 0.1) is 23.4 Å². The molecule has 1 aliphatic rings. The third-order valence-electron chi connectivity index (χ3n) is 4.25. The third-order valence-corrected chi connectivity index (χ3v) is 4.25. The number of esters is 1. The van der Waals surface area contributed by atoms with Crippen molar-refractivity contribution in [2.45, 2.75) is 39.7 Å². The molecule has 0 radical (unpaired) electrons. The summed E-state index contributed by atoms with van der Waals surface area (Å²) in [7, 11) is 0. The van der Waals surface area contributed by atoms with Crippen LogP contribution in [0.15, 0.2) is 24.3 Å². The van der Waals surface area contributed by atoms with E-state index in [2.05, 4.69) is 4.98 Å². The SMILES string of the molecule is CCOC(=O)CN(C(=O)c1cc2ccc(C)cc2nc1C)C1CC1. The third kappa shape index (κ3) is 3.40. The van der Waals surface area contributed by atoms with Gasteiger partial charge in [0.25, 0.3) is 5.91 Å². The lowest BCUT2D eigenvalue weighted by Gasteiger charge is -2.22. The fourth-order valence-electron chi connectivity index (χ4n) is 2.84. The summed E-state index contributed by atoms with van der Waals surface area (Å²) in [4.78, 5) is 31.0. The number of rotatable bonds is 5. The van der Waals surface area contributed by atoms with Crippen molar-refractivity contribution < 1.29 is 14.3 Å². The van der Waals surface area contributed by atoms with Crippen LogP contribution in [-0.2, 0) is 9.53 Å². The highest BCUT2D eigenvalue weighted by Gasteiger charge is 2.35. The maximum Gasteiger partial charge on any atom is 0.325 e. The topological polar surface area (TPSA) is 59.5 Å². The van der Waals surface area contributed by atoms with Crippen molar-refractivity contribution in [1.82, 2.24) is 9.88 Å². The van der Waals surface area contributed by atoms with Crippen LogP contribution in [0.25, 0.3) is 10.9 Å². The predicted octanol–water partition coefficient (Wildman–Crippen LogP) is 3.02. The quantitative estimate of drug-likeness (QED) is 0.793. The number of nitrogens with zero attached hydrogens (tertiary/aromatic N) is 2. The second kappa shape index (κ2) is 6.59. The summed E-state index contributed by atoms with van der Waals surface area (Å²) in [6.07, 6.45) is 1.87. The Morgan fingerprint density at radius 1 is 1.25 bits per heavy atom. The van der Waals surface area contributed by atoms with Crippen LogP contribution in [-0.4, -0.2) is 41.0 Å². The van der Waals surface area contributed by atoms with Crippen molar-refractivity contribution in [3.8, 4) is 0 Å². The molecule has 1 aliphatic carbocycles. The van der Waals surface area contributed by atoms with E-state index in [1.54, 1.807) is 11.8 Å². The molecule has 2 aromatic rings. The van der Waals surface area contributed by atoms with E-state index in [4.69, 9.17) is 4.74 Å². The first-order valence-electron chi connectivity index (χ1n) is 8.34. The Bertz CT molecular complexity index is 797. The van der Waals surface area contributed by atoms with E-state index in [-0.39, 0.29) is 24.5 Å². The lowest BCUT2D eigenvalue weighted by molar-refractivity contribution is -0.144. The molecule has 0 saturated heterocycles. The van der Waals surface area contributed by atoms with Crippen LogP contribution >= 0.6 is 0 Å². The average Bonchev–Trinajstić information content (AvgIpc) is 3.36. The summed E-state index contributed by atoms with van der Waals surface area (Å²) in [5, 5.41) is 0.932. The van der Waals surface area contributed by atoms with Crippen LogP contribution in [0.2, 0.25) is 0 Å². The van der Waals surface area contributed by atoms with Gasteiger partial charge in [0.2, 0.25) is 0 Å². The van der Waals surface area contributed by atoms with E-state index in [0.29, 0.717) is 17.9 Å². The molecule has 1 saturated carbocycles. The van der Waals surface area contributed by atoms with Crippen LogP contribution in [0, 0.1) is 13.8 Å². The van der Waals surface area contributed by atoms with Crippen molar-refractivity contribution in [2.24, 2.45) is 0 Å². The fraction of sp³-hybridized carbons (Fsp3) is 0.421. The molecule has 1 amide bonds. The Balaban J connectivity index is 1.92. The standard InChI is InChI=1S/C19H22N2O3/c1-4-24-18(22)11-21(15-7-8-15)19(23)16-10-14-6-5-12(2)9-17(14)20-13(16)3/h5-6,9-10,15H,4,7-8,11H2,1-3H3. The summed E-state index contributed by atoms with van der Waals surface area (Å²) in [6, 6.07) is 7.99. The zero-order valence-electron chi connectivity index (χ0n) is 14.3. The Labute approximate surface area is 141 Å². The maximum atomic E-state index is 13.0. The van der Waals surface area contributed by atoms with E-state index in [9.17, 15) is 9.59 Å². The van der Waals surface area contributed by atoms with Gasteiger partial charge in [-0.05, 0) is 51.3 Å². The molecule has 0 N–H and O–H groups in total. The van der Waals surface area contributed by atoms with Gasteiger partial charge in [0.15, 0.2) is 0 Å². The van der Waals surface area contributed by atoms with Crippen molar-refractivity contribution in [3.05, 3.63) is 41.1 Å². The number of aromatic nitrogens is 1. The minimum atomic E-state index is -0.361. The Morgan fingerprint density at radius 3 is 2.67 bits per heavy atom. The number of benzene rings is 1.